The summed E-state index contributed by atoms with van der Waals surface area (Å²) in [6.45, 7) is 17.9. The maximum absolute atomic E-state index is 15.9. The molecule has 95 heavy (non-hydrogen) atoms. The third-order valence-electron chi connectivity index (χ3n) is 15.6. The topological polar surface area (TPSA) is 196 Å². The number of carboxylic acids is 1. The molecule has 6 aromatic rings. The van der Waals surface area contributed by atoms with Crippen molar-refractivity contribution in [3.8, 4) is 22.3 Å². The van der Waals surface area contributed by atoms with Crippen molar-refractivity contribution in [3.63, 3.8) is 0 Å². The summed E-state index contributed by atoms with van der Waals surface area (Å²) >= 11 is 0. The number of nitrogens with two attached hydrogens (primary N) is 1. The molecule has 4 atom stereocenters. The van der Waals surface area contributed by atoms with Crippen LogP contribution in [0.3, 0.4) is 0 Å². The normalized spacial score (nSPS) is 12.9. The Bertz CT molecular complexity index is 3760. The van der Waals surface area contributed by atoms with E-state index in [0.717, 1.165) is 43.8 Å². The first-order valence-corrected chi connectivity index (χ1v) is 31.0. The third kappa shape index (κ3) is 21.9. The number of pyridine rings is 2. The van der Waals surface area contributed by atoms with Gasteiger partial charge in [0.15, 0.2) is 0 Å². The lowest BCUT2D eigenvalue weighted by atomic mass is 9.90. The molecule has 0 aliphatic carbocycles. The fourth-order valence-corrected chi connectivity index (χ4v) is 11.2. The van der Waals surface area contributed by atoms with Gasteiger partial charge in [-0.2, -0.15) is 26.3 Å². The van der Waals surface area contributed by atoms with E-state index in [1.165, 1.54) is 37.3 Å². The number of carboxylic acid groups (broad SMARTS) is 1. The van der Waals surface area contributed by atoms with Crippen LogP contribution < -0.4 is 22.2 Å². The van der Waals surface area contributed by atoms with Gasteiger partial charge in [-0.3, -0.25) is 24.0 Å². The maximum Gasteiger partial charge on any atom is 0.416 e. The van der Waals surface area contributed by atoms with Crippen molar-refractivity contribution in [3.05, 3.63) is 184 Å². The molecule has 4 N–H and O–H groups in total. The standard InChI is InChI=1S/C35H42F5N3O4.C20H23F2NO2.C15H21F3N2O3/c1-8-10-29(43-19-23(11-12-42(6)7)27(17-30(43)44)35(38,39)40)34(46)41-28(18-31(45)47-9-2)26-16-24(13-22(5)33(26)37)32-20(3)14-25(36)15-21(32)4;1-5-25-18(24)10-17(23)16-9-14(6-13(4)20(16)22)19-11(2)7-15(21)8-12(19)3;1-4-5-12(14(22)23)20-9-10(6-7-19(2)3)11(8-13(20)21)15(16,17)18/h13-17,19,28-29H,8-12,18H2,1-7H3,(H,41,46);6-9,17H,5,10,23H2,1-4H3;8-9,12H,4-7H2,1-3H3,(H,22,23)/t28-,29?;17-;/m00./s1. The van der Waals surface area contributed by atoms with Crippen LogP contribution >= 0.6 is 0 Å². The van der Waals surface area contributed by atoms with Gasteiger partial charge >= 0.3 is 30.3 Å². The number of ether oxygens (including phenoxy) is 2. The van der Waals surface area contributed by atoms with E-state index < -0.39 is 106 Å². The molecule has 4 aromatic carbocycles. The Labute approximate surface area is 547 Å². The number of likely N-dealkylation sites (N-methyl/N-ethyl adjacent to an activating group) is 2. The maximum atomic E-state index is 15.9. The van der Waals surface area contributed by atoms with Crippen LogP contribution in [-0.4, -0.2) is 102 Å². The van der Waals surface area contributed by atoms with Crippen LogP contribution in [0.4, 0.5) is 43.9 Å². The zero-order valence-electron chi connectivity index (χ0n) is 56.1. The quantitative estimate of drug-likeness (QED) is 0.0363. The summed E-state index contributed by atoms with van der Waals surface area (Å²) in [5.41, 5.74) is 8.12. The molecule has 0 saturated carbocycles. The fourth-order valence-electron chi connectivity index (χ4n) is 11.2. The van der Waals surface area contributed by atoms with Crippen LogP contribution in [0, 0.1) is 64.8 Å². The number of hydrogen-bond donors (Lipinski definition) is 3. The lowest BCUT2D eigenvalue weighted by Crippen LogP contribution is -2.40. The summed E-state index contributed by atoms with van der Waals surface area (Å²) in [7, 11) is 6.85. The number of carbonyl (C=O) groups is 4. The van der Waals surface area contributed by atoms with Crippen molar-refractivity contribution >= 4 is 23.8 Å². The van der Waals surface area contributed by atoms with Gasteiger partial charge in [-0.15, -0.1) is 0 Å². The molecule has 15 nitrogen and oxygen atoms in total. The van der Waals surface area contributed by atoms with Crippen LogP contribution in [0.25, 0.3) is 22.3 Å². The van der Waals surface area contributed by atoms with Crippen LogP contribution in [0.1, 0.15) is 157 Å². The van der Waals surface area contributed by atoms with E-state index in [0.29, 0.717) is 59.3 Å². The lowest BCUT2D eigenvalue weighted by Gasteiger charge is -2.26. The molecular formula is C70H86F10N6O9. The monoisotopic (exact) mass is 1340 g/mol. The zero-order valence-corrected chi connectivity index (χ0v) is 56.1. The minimum atomic E-state index is -4.78. The Kier molecular flexibility index (Phi) is 29.2. The number of hydrogen-bond acceptors (Lipinski definition) is 11. The van der Waals surface area contributed by atoms with Crippen molar-refractivity contribution in [2.24, 2.45) is 5.73 Å². The van der Waals surface area contributed by atoms with Crippen molar-refractivity contribution in [2.45, 2.75) is 157 Å². The van der Waals surface area contributed by atoms with Crippen molar-refractivity contribution < 1.29 is 77.7 Å². The summed E-state index contributed by atoms with van der Waals surface area (Å²) in [4.78, 5) is 78.2. The largest absolute Gasteiger partial charge is 0.480 e. The van der Waals surface area contributed by atoms with E-state index in [1.54, 1.807) is 105 Å². The van der Waals surface area contributed by atoms with Gasteiger partial charge < -0.3 is 44.6 Å². The highest BCUT2D eigenvalue weighted by Gasteiger charge is 2.37. The number of benzene rings is 4. The highest BCUT2D eigenvalue weighted by atomic mass is 19.4. The van der Waals surface area contributed by atoms with E-state index in [2.05, 4.69) is 5.32 Å². The summed E-state index contributed by atoms with van der Waals surface area (Å²) in [5, 5.41) is 11.9. The lowest BCUT2D eigenvalue weighted by molar-refractivity contribution is -0.144. The molecule has 0 aliphatic rings. The second-order valence-electron chi connectivity index (χ2n) is 23.9. The number of rotatable bonds is 25. The van der Waals surface area contributed by atoms with Gasteiger partial charge in [0.2, 0.25) is 5.91 Å². The second kappa shape index (κ2) is 35.0. The Morgan fingerprint density at radius 2 is 0.916 bits per heavy atom. The number of amides is 1. The molecule has 0 bridgehead atoms. The van der Waals surface area contributed by atoms with Gasteiger partial charge in [-0.1, -0.05) is 26.7 Å². The average Bonchev–Trinajstić information content (AvgIpc) is 0.805. The van der Waals surface area contributed by atoms with Crippen LogP contribution in [0.2, 0.25) is 0 Å². The van der Waals surface area contributed by atoms with E-state index >= 15 is 4.39 Å². The summed E-state index contributed by atoms with van der Waals surface area (Å²) in [5.74, 6) is -5.06. The SMILES string of the molecule is CCCC(C(=O)N[C@@H](CC(=O)OCC)c1cc(-c2c(C)cc(F)cc2C)cc(C)c1F)n1cc(CCN(C)C)c(C(F)(F)F)cc1=O.CCCC(C(=O)O)n1cc(CCN(C)C)c(C(F)(F)F)cc1=O.CCOC(=O)C[C@H](N)c1cc(-c2c(C)cc(F)cc2C)cc(C)c1F. The van der Waals surface area contributed by atoms with E-state index in [9.17, 15) is 73.4 Å². The number of aryl methyl sites for hydroxylation is 6. The van der Waals surface area contributed by atoms with Gasteiger partial charge in [0.1, 0.15) is 35.4 Å². The number of alkyl halides is 6. The number of nitrogens with zero attached hydrogens (tertiary/aromatic N) is 4. The van der Waals surface area contributed by atoms with Crippen molar-refractivity contribution in [1.29, 1.82) is 0 Å². The van der Waals surface area contributed by atoms with Crippen molar-refractivity contribution in [2.75, 3.05) is 54.5 Å². The molecule has 1 amide bonds. The minimum absolute atomic E-state index is 0.0319. The Morgan fingerprint density at radius 1 is 0.547 bits per heavy atom. The molecule has 0 radical (unpaired) electrons. The summed E-state index contributed by atoms with van der Waals surface area (Å²) in [6, 6.07) is 8.52. The molecular weight excluding hydrogens is 1260 g/mol. The van der Waals surface area contributed by atoms with Gasteiger partial charge in [-0.25, -0.2) is 22.4 Å². The van der Waals surface area contributed by atoms with E-state index in [4.69, 9.17) is 15.2 Å². The third-order valence-corrected chi connectivity index (χ3v) is 15.6. The molecule has 2 heterocycles. The Morgan fingerprint density at radius 3 is 1.28 bits per heavy atom. The molecule has 0 spiro atoms. The summed E-state index contributed by atoms with van der Waals surface area (Å²) < 4.78 is 151. The van der Waals surface area contributed by atoms with Gasteiger partial charge in [-0.05, 0) is 225 Å². The molecule has 0 aliphatic heterocycles. The summed E-state index contributed by atoms with van der Waals surface area (Å²) in [6.07, 6.45) is -6.72. The van der Waals surface area contributed by atoms with Crippen molar-refractivity contribution in [1.82, 2.24) is 24.3 Å². The predicted molar refractivity (Wildman–Crippen MR) is 344 cm³/mol. The first-order chi connectivity index (χ1) is 44.3. The molecule has 0 saturated heterocycles. The minimum Gasteiger partial charge on any atom is -0.480 e. The molecule has 520 valence electrons. The smallest absolute Gasteiger partial charge is 0.416 e. The van der Waals surface area contributed by atoms with E-state index in [1.807, 2.05) is 13.8 Å². The average molecular weight is 1350 g/mol. The van der Waals surface area contributed by atoms with Crippen LogP contribution in [0.5, 0.6) is 0 Å². The van der Waals surface area contributed by atoms with Gasteiger partial charge in [0.25, 0.3) is 11.1 Å². The predicted octanol–water partition coefficient (Wildman–Crippen LogP) is 13.9. The molecule has 2 aromatic heterocycles. The molecule has 2 unspecified atom stereocenters. The zero-order chi connectivity index (χ0) is 71.7. The molecule has 0 fully saturated rings. The Balaban J connectivity index is 0.000000335. The molecule has 25 heteroatoms. The first-order valence-electron chi connectivity index (χ1n) is 31.0. The number of halogens is 10. The first kappa shape index (κ1) is 79.3. The van der Waals surface area contributed by atoms with E-state index in [-0.39, 0.29) is 85.5 Å². The molecule has 6 rings (SSSR count). The number of esters is 2. The fraction of sp³-hybridized carbons (Fsp3) is 0.457. The Hall–Kier alpha value is -8.16. The number of nitrogens with one attached hydrogen (secondary N) is 1. The van der Waals surface area contributed by atoms with Crippen LogP contribution in [-0.2, 0) is 53.8 Å². The second-order valence-corrected chi connectivity index (χ2v) is 23.9. The number of aliphatic carboxylic acids is 1. The number of carbonyl (C=O) groups excluding carboxylic acids is 3. The highest BCUT2D eigenvalue weighted by Crippen LogP contribution is 2.38. The van der Waals surface area contributed by atoms with Crippen LogP contribution in [0.15, 0.2) is 82.6 Å². The number of aromatic nitrogens is 2. The highest BCUT2D eigenvalue weighted by molar-refractivity contribution is 5.82. The van der Waals surface area contributed by atoms with Gasteiger partial charge in [0.05, 0.1) is 43.2 Å². The van der Waals surface area contributed by atoms with Gasteiger partial charge in [0, 0.05) is 54.8 Å².